The number of nitrogens with one attached hydrogen (secondary N) is 7. The van der Waals surface area contributed by atoms with Crippen molar-refractivity contribution < 1.29 is 108 Å². The summed E-state index contributed by atoms with van der Waals surface area (Å²) < 4.78 is 27.0. The first kappa shape index (κ1) is 74.6. The molecule has 11 bridgehead atoms. The van der Waals surface area contributed by atoms with Crippen molar-refractivity contribution in [3.63, 3.8) is 0 Å². The Hall–Kier alpha value is -9.12. The molecule has 9 unspecified atom stereocenters. The Morgan fingerprint density at radius 2 is 1.32 bits per heavy atom. The fourth-order valence-electron chi connectivity index (χ4n) is 13.5. The smallest absolute Gasteiger partial charge is 0.330 e. The van der Waals surface area contributed by atoms with Gasteiger partial charge in [0.15, 0.2) is 17.5 Å². The lowest BCUT2D eigenvalue weighted by atomic mass is 9.74. The number of halogens is 2. The Kier molecular flexibility index (Phi) is 22.3. The van der Waals surface area contributed by atoms with Crippen LogP contribution in [0.5, 0.6) is 46.0 Å². The van der Waals surface area contributed by atoms with Crippen LogP contribution in [-0.4, -0.2) is 178 Å². The number of aliphatic hydroxyl groups excluding tert-OH is 6. The molecule has 5 aromatic carbocycles. The molecule has 0 spiro atoms. The van der Waals surface area contributed by atoms with Gasteiger partial charge in [0.25, 0.3) is 0 Å². The summed E-state index contributed by atoms with van der Waals surface area (Å²) in [5, 5.41) is 131. The topological polar surface area (TPSA) is 512 Å². The summed E-state index contributed by atoms with van der Waals surface area (Å²) in [5.74, 6) is -16.8. The van der Waals surface area contributed by atoms with Crippen LogP contribution in [0.4, 0.5) is 0 Å². The van der Waals surface area contributed by atoms with Crippen molar-refractivity contribution >= 4 is 70.5 Å². The molecule has 542 valence electrons. The third-order valence-corrected chi connectivity index (χ3v) is 19.3. The van der Waals surface area contributed by atoms with Crippen LogP contribution >= 0.6 is 23.2 Å². The van der Waals surface area contributed by atoms with E-state index in [0.717, 1.165) is 48.5 Å². The highest BCUT2D eigenvalue weighted by atomic mass is 35.5. The minimum absolute atomic E-state index is 0.0340. The van der Waals surface area contributed by atoms with Crippen molar-refractivity contribution in [1.29, 1.82) is 0 Å². The summed E-state index contributed by atoms with van der Waals surface area (Å²) in [6, 6.07) is -0.0111. The van der Waals surface area contributed by atoms with Crippen LogP contribution in [0.3, 0.4) is 0 Å². The number of fused-ring (bicyclic) bond motifs is 15. The maximum absolute atomic E-state index is 16.0. The molecular weight excluding hydrogens is 1370 g/mol. The van der Waals surface area contributed by atoms with E-state index in [0.29, 0.717) is 0 Å². The highest BCUT2D eigenvalue weighted by molar-refractivity contribution is 6.32. The van der Waals surface area contributed by atoms with Crippen molar-refractivity contribution in [1.82, 2.24) is 37.2 Å². The van der Waals surface area contributed by atoms with Gasteiger partial charge in [-0.25, -0.2) is 4.79 Å². The maximum Gasteiger partial charge on any atom is 0.330 e. The van der Waals surface area contributed by atoms with Gasteiger partial charge in [0.05, 0.1) is 40.8 Å². The van der Waals surface area contributed by atoms with Crippen molar-refractivity contribution in [2.45, 2.75) is 156 Å². The number of hydrogen-bond donors (Lipinski definition) is 19. The van der Waals surface area contributed by atoms with Gasteiger partial charge in [-0.1, -0.05) is 62.2 Å². The second kappa shape index (κ2) is 30.2. The maximum atomic E-state index is 16.0. The number of aliphatic carboxylic acids is 1. The Morgan fingerprint density at radius 3 is 1.90 bits per heavy atom. The van der Waals surface area contributed by atoms with E-state index in [1.54, 1.807) is 13.8 Å². The quantitative estimate of drug-likeness (QED) is 0.0793. The van der Waals surface area contributed by atoms with Gasteiger partial charge >= 0.3 is 5.97 Å². The summed E-state index contributed by atoms with van der Waals surface area (Å²) in [6.07, 6.45) is -13.4. The molecule has 5 aromatic rings. The average Bonchev–Trinajstić information content (AvgIpc) is 0.779. The third kappa shape index (κ3) is 15.8. The fourth-order valence-corrected chi connectivity index (χ4v) is 14.0. The lowest BCUT2D eigenvalue weighted by Gasteiger charge is -2.47. The number of primary amides is 1. The van der Waals surface area contributed by atoms with E-state index in [4.69, 9.17) is 53.6 Å². The molecule has 5 heterocycles. The van der Waals surface area contributed by atoms with Crippen LogP contribution in [0.2, 0.25) is 10.0 Å². The molecule has 21 N–H and O–H groups in total. The monoisotopic (exact) mass is 1440 g/mol. The molecule has 7 aliphatic rings. The first-order valence-electron chi connectivity index (χ1n) is 32.3. The Labute approximate surface area is 586 Å². The van der Waals surface area contributed by atoms with E-state index < -0.39 is 231 Å². The molecule has 2 aliphatic carbocycles. The number of ether oxygens (including phenoxy) is 4. The van der Waals surface area contributed by atoms with Crippen molar-refractivity contribution in [3.8, 4) is 57.1 Å². The number of amides is 7. The van der Waals surface area contributed by atoms with Gasteiger partial charge in [-0.3, -0.25) is 33.6 Å². The highest BCUT2D eigenvalue weighted by Crippen LogP contribution is 2.50. The van der Waals surface area contributed by atoms with E-state index in [-0.39, 0.29) is 64.8 Å². The predicted octanol–water partition coefficient (Wildman–Crippen LogP) is 1.43. The lowest BCUT2D eigenvalue weighted by Crippen LogP contribution is -2.61. The minimum atomic E-state index is -2.30. The number of hydrogen-bond acceptors (Lipinski definition) is 23. The van der Waals surface area contributed by atoms with Gasteiger partial charge in [0.2, 0.25) is 47.1 Å². The number of carboxylic acid groups (broad SMARTS) is 1. The molecule has 2 saturated carbocycles. The number of benzene rings is 5. The standard InChI is InChI=1S/C68H79Cl2N9O22/c1-25(2)12-38(73-5)61(90)78-52-54(85)28-7-10-42(36(69)15-28)99-44-17-30-18-45(58(44)101-46-19-31(24-80)56(87)57(88)59(46)98-33-13-26(3)60(89)68(4,72)23-33)100-43-11-8-29(16-37(43)70)55(86)53-66(95)77-51(67(96)97)35-20-32(81)21-41(83)48(35)34-14-27(6-9-40(34)82)49(63(92)79-53)76-64(93)50(30)75-62(91)39(22-47(71)84)74-65(52)94/h6-11,14-18,20-21,25-26,31,33,38-39,46,49-57,59-60,73,80-83,85-89H,12-13,19,22-24,72H2,1-5H3,(H2,71,84)(H,74,94)(H,75,91)(H,76,93)(H,77,95)(H,78,90)(H,79,92)(H,96,97)/t26?,31?,33?,38-,39+,46?,49-,50-,51+,52-,53+,54-,55-,56?,57?,59?,60?,68?/m1/s1. The summed E-state index contributed by atoms with van der Waals surface area (Å²) in [6.45, 7) is 6.30. The Morgan fingerprint density at radius 1 is 0.713 bits per heavy atom. The number of carbonyl (C=O) groups is 8. The van der Waals surface area contributed by atoms with Gasteiger partial charge in [-0.2, -0.15) is 0 Å². The Balaban J connectivity index is 1.24. The van der Waals surface area contributed by atoms with Gasteiger partial charge < -0.3 is 119 Å². The lowest BCUT2D eigenvalue weighted by molar-refractivity contribution is -0.204. The van der Waals surface area contributed by atoms with Crippen LogP contribution < -0.4 is 62.9 Å². The number of phenolic OH excluding ortho intramolecular Hbond substituents is 3. The number of carboxylic acids is 1. The molecule has 0 radical (unpaired) electrons. The van der Waals surface area contributed by atoms with Gasteiger partial charge in [0.1, 0.15) is 89.5 Å². The molecule has 0 saturated heterocycles. The molecule has 7 amide bonds. The van der Waals surface area contributed by atoms with Gasteiger partial charge in [-0.05, 0) is 128 Å². The predicted molar refractivity (Wildman–Crippen MR) is 356 cm³/mol. The summed E-state index contributed by atoms with van der Waals surface area (Å²) in [5.41, 5.74) is 8.49. The first-order valence-corrected chi connectivity index (χ1v) is 33.1. The first-order chi connectivity index (χ1) is 47.7. The average molecular weight is 1450 g/mol. The fraction of sp³-hybridized carbons (Fsp3) is 0.441. The van der Waals surface area contributed by atoms with E-state index in [9.17, 15) is 75.0 Å². The zero-order chi connectivity index (χ0) is 73.5. The second-order valence-electron chi connectivity index (χ2n) is 26.8. The number of likely N-dealkylation sites (N-methyl/N-ethyl adjacent to an activating group) is 1. The number of rotatable bonds is 13. The van der Waals surface area contributed by atoms with Crippen molar-refractivity contribution in [2.75, 3.05) is 13.7 Å². The molecule has 0 aromatic heterocycles. The molecule has 101 heavy (non-hydrogen) atoms. The Bertz CT molecular complexity index is 4070. The molecule has 5 aliphatic heterocycles. The van der Waals surface area contributed by atoms with Crippen molar-refractivity contribution in [2.24, 2.45) is 29.2 Å². The molecule has 18 atom stereocenters. The highest BCUT2D eigenvalue weighted by Gasteiger charge is 2.50. The normalized spacial score (nSPS) is 29.4. The van der Waals surface area contributed by atoms with Crippen LogP contribution in [0.25, 0.3) is 11.1 Å². The zero-order valence-electron chi connectivity index (χ0n) is 54.9. The van der Waals surface area contributed by atoms with Gasteiger partial charge in [-0.15, -0.1) is 0 Å². The van der Waals surface area contributed by atoms with Crippen LogP contribution in [-0.2, 0) is 43.1 Å². The zero-order valence-corrected chi connectivity index (χ0v) is 56.4. The molecule has 2 fully saturated rings. The van der Waals surface area contributed by atoms with E-state index in [1.165, 1.54) is 37.4 Å². The minimum Gasteiger partial charge on any atom is -0.508 e. The SMILES string of the molecule is CN[C@H](CC(C)C)C(=O)N[C@H]1C(=O)N[C@@H](CC(N)=O)C(=O)N[C@H]2C(=O)N[C@H]3C(=O)N[C@H](C(=O)N[C@H](C(=O)O)c4cc(O)cc(O)c4-c4cc3ccc4O)[C@H](O)c3ccc(c(Cl)c3)Oc3cc2cc(c3OC2CC(CO)C(O)C(O)C2OC2CC(C)C(O)C(C)(N)C2)Oc2ccc(cc2Cl)[C@H]1O. The van der Waals surface area contributed by atoms with E-state index in [1.807, 2.05) is 13.8 Å². The third-order valence-electron chi connectivity index (χ3n) is 18.8. The van der Waals surface area contributed by atoms with Crippen LogP contribution in [0, 0.1) is 17.8 Å². The summed E-state index contributed by atoms with van der Waals surface area (Å²) in [7, 11) is 1.48. The van der Waals surface area contributed by atoms with Crippen LogP contribution in [0.15, 0.2) is 78.9 Å². The number of phenols is 3. The van der Waals surface area contributed by atoms with E-state index >= 15 is 14.4 Å². The van der Waals surface area contributed by atoms with E-state index in [2.05, 4.69) is 37.2 Å². The van der Waals surface area contributed by atoms with Crippen molar-refractivity contribution in [3.05, 3.63) is 117 Å². The summed E-state index contributed by atoms with van der Waals surface area (Å²) >= 11 is 14.2. The molecular formula is C68H79Cl2N9O22. The number of aliphatic hydroxyl groups is 6. The largest absolute Gasteiger partial charge is 0.508 e. The number of nitrogens with two attached hydrogens (primary N) is 2. The molecule has 33 heteroatoms. The second-order valence-corrected chi connectivity index (χ2v) is 27.6. The number of carbonyl (C=O) groups excluding carboxylic acids is 7. The number of aromatic hydroxyl groups is 3. The summed E-state index contributed by atoms with van der Waals surface area (Å²) in [4.78, 5) is 117. The van der Waals surface area contributed by atoms with Gasteiger partial charge in [0, 0.05) is 40.8 Å². The van der Waals surface area contributed by atoms with Crippen LogP contribution in [0.1, 0.15) is 118 Å². The molecule has 12 rings (SSSR count). The molecule has 31 nitrogen and oxygen atoms in total.